The third-order valence-corrected chi connectivity index (χ3v) is 7.14. The van der Waals surface area contributed by atoms with Crippen molar-refractivity contribution in [2.24, 2.45) is 0 Å². The van der Waals surface area contributed by atoms with E-state index in [4.69, 9.17) is 18.9 Å². The molecule has 8 nitrogen and oxygen atoms in total. The van der Waals surface area contributed by atoms with Gasteiger partial charge in [0.25, 0.3) is 11.7 Å². The van der Waals surface area contributed by atoms with Crippen LogP contribution in [0.1, 0.15) is 56.0 Å². The molecule has 1 unspecified atom stereocenters. The van der Waals surface area contributed by atoms with E-state index in [1.165, 1.54) is 19.1 Å². The monoisotopic (exact) mass is 559 g/mol. The molecule has 1 fully saturated rings. The first kappa shape index (κ1) is 29.5. The molecule has 0 aliphatic carbocycles. The van der Waals surface area contributed by atoms with E-state index in [0.29, 0.717) is 40.7 Å². The number of carbonyl (C=O) groups is 2. The summed E-state index contributed by atoms with van der Waals surface area (Å²) in [6, 6.07) is 16.9. The molecular formula is C33H37NO7. The number of hydrogen-bond donors (Lipinski definition) is 1. The van der Waals surface area contributed by atoms with Gasteiger partial charge in [0.15, 0.2) is 11.5 Å². The van der Waals surface area contributed by atoms with E-state index < -0.39 is 17.7 Å². The number of ketones is 1. The van der Waals surface area contributed by atoms with Crippen molar-refractivity contribution < 1.29 is 33.6 Å². The van der Waals surface area contributed by atoms with Gasteiger partial charge in [-0.1, -0.05) is 39.0 Å². The summed E-state index contributed by atoms with van der Waals surface area (Å²) in [5.74, 6) is 0.603. The van der Waals surface area contributed by atoms with Crippen LogP contribution in [0, 0.1) is 0 Å². The van der Waals surface area contributed by atoms with Gasteiger partial charge in [-0.2, -0.15) is 0 Å². The first-order chi connectivity index (χ1) is 19.5. The molecule has 3 aromatic rings. The van der Waals surface area contributed by atoms with Gasteiger partial charge in [0.1, 0.15) is 17.3 Å². The maximum atomic E-state index is 13.6. The fourth-order valence-electron chi connectivity index (χ4n) is 5.04. The van der Waals surface area contributed by atoms with Crippen molar-refractivity contribution in [1.82, 2.24) is 4.90 Å². The highest BCUT2D eigenvalue weighted by atomic mass is 16.5. The van der Waals surface area contributed by atoms with Crippen molar-refractivity contribution in [3.8, 4) is 23.0 Å². The number of amides is 1. The van der Waals surface area contributed by atoms with Crippen LogP contribution < -0.4 is 18.9 Å². The van der Waals surface area contributed by atoms with Crippen LogP contribution in [0.15, 0.2) is 66.2 Å². The topological polar surface area (TPSA) is 94.5 Å². The number of ether oxygens (including phenoxy) is 4. The van der Waals surface area contributed by atoms with Crippen molar-refractivity contribution in [3.63, 3.8) is 0 Å². The van der Waals surface area contributed by atoms with Crippen LogP contribution in [0.5, 0.6) is 23.0 Å². The van der Waals surface area contributed by atoms with E-state index in [0.717, 1.165) is 11.1 Å². The second-order valence-corrected chi connectivity index (χ2v) is 10.8. The highest BCUT2D eigenvalue weighted by Gasteiger charge is 2.46. The molecule has 0 radical (unpaired) electrons. The number of rotatable bonds is 9. The van der Waals surface area contributed by atoms with Crippen LogP contribution >= 0.6 is 0 Å². The molecule has 1 heterocycles. The molecule has 1 atom stereocenters. The number of nitrogens with zero attached hydrogens (tertiary/aromatic N) is 1. The average Bonchev–Trinajstić information content (AvgIpc) is 3.21. The number of hydrogen-bond acceptors (Lipinski definition) is 7. The van der Waals surface area contributed by atoms with Gasteiger partial charge in [-0.25, -0.2) is 0 Å². The summed E-state index contributed by atoms with van der Waals surface area (Å²) in [5, 5.41) is 11.7. The van der Waals surface area contributed by atoms with Gasteiger partial charge in [0.05, 0.1) is 39.6 Å². The standard InChI is InChI=1S/C33H37NO7/c1-8-41-25-15-12-22(17-24(25)33(2,3)4)30(35)28-29(21-11-16-26(39-6)27(18-21)40-7)34(32(37)31(28)36)19-20-9-13-23(38-5)14-10-20/h9-18,29,35H,8,19H2,1-7H3/b30-28+. The zero-order valence-electron chi connectivity index (χ0n) is 24.6. The molecule has 41 heavy (non-hydrogen) atoms. The molecule has 8 heteroatoms. The van der Waals surface area contributed by atoms with Crippen LogP contribution in [0.25, 0.3) is 5.76 Å². The minimum absolute atomic E-state index is 0.000231. The zero-order chi connectivity index (χ0) is 29.9. The Hall–Kier alpha value is -4.46. The number of Topliss-reactive ketones (excluding diaryl/α,β-unsaturated/α-hetero) is 1. The zero-order valence-corrected chi connectivity index (χ0v) is 24.6. The average molecular weight is 560 g/mol. The Kier molecular flexibility index (Phi) is 8.61. The van der Waals surface area contributed by atoms with Crippen molar-refractivity contribution >= 4 is 17.4 Å². The lowest BCUT2D eigenvalue weighted by atomic mass is 9.84. The van der Waals surface area contributed by atoms with Gasteiger partial charge in [0, 0.05) is 17.7 Å². The fraction of sp³-hybridized carbons (Fsp3) is 0.333. The maximum absolute atomic E-state index is 13.6. The molecule has 0 bridgehead atoms. The SMILES string of the molecule is CCOc1ccc(/C(O)=C2\C(=O)C(=O)N(Cc3ccc(OC)cc3)C2c2ccc(OC)c(OC)c2)cc1C(C)(C)C. The van der Waals surface area contributed by atoms with Crippen LogP contribution in [-0.4, -0.2) is 49.6 Å². The number of carbonyl (C=O) groups excluding carboxylic acids is 2. The first-order valence-electron chi connectivity index (χ1n) is 13.4. The van der Waals surface area contributed by atoms with E-state index in [-0.39, 0.29) is 23.3 Å². The van der Waals surface area contributed by atoms with Gasteiger partial charge < -0.3 is 29.0 Å². The summed E-state index contributed by atoms with van der Waals surface area (Å²) < 4.78 is 22.0. The molecule has 3 aromatic carbocycles. The quantitative estimate of drug-likeness (QED) is 0.194. The molecule has 1 amide bonds. The molecule has 4 rings (SSSR count). The van der Waals surface area contributed by atoms with Gasteiger partial charge in [-0.15, -0.1) is 0 Å². The second kappa shape index (κ2) is 12.0. The number of aliphatic hydroxyl groups excluding tert-OH is 1. The highest BCUT2D eigenvalue weighted by Crippen LogP contribution is 2.43. The summed E-state index contributed by atoms with van der Waals surface area (Å²) in [6.07, 6.45) is 0. The van der Waals surface area contributed by atoms with E-state index in [1.807, 2.05) is 45.9 Å². The van der Waals surface area contributed by atoms with Crippen molar-refractivity contribution in [2.75, 3.05) is 27.9 Å². The predicted molar refractivity (Wildman–Crippen MR) is 157 cm³/mol. The van der Waals surface area contributed by atoms with Gasteiger partial charge >= 0.3 is 0 Å². The highest BCUT2D eigenvalue weighted by molar-refractivity contribution is 6.46. The summed E-state index contributed by atoms with van der Waals surface area (Å²) in [6.45, 7) is 8.68. The van der Waals surface area contributed by atoms with Crippen LogP contribution in [0.3, 0.4) is 0 Å². The Morgan fingerprint density at radius 2 is 1.51 bits per heavy atom. The van der Waals surface area contributed by atoms with Crippen LogP contribution in [-0.2, 0) is 21.5 Å². The van der Waals surface area contributed by atoms with Gasteiger partial charge in [0.2, 0.25) is 0 Å². The lowest BCUT2D eigenvalue weighted by Crippen LogP contribution is -2.29. The molecule has 1 N–H and O–H groups in total. The van der Waals surface area contributed by atoms with E-state index in [1.54, 1.807) is 49.6 Å². The molecule has 0 saturated carbocycles. The van der Waals surface area contributed by atoms with E-state index >= 15 is 0 Å². The molecule has 1 aliphatic heterocycles. The van der Waals surface area contributed by atoms with Crippen LogP contribution in [0.4, 0.5) is 0 Å². The minimum Gasteiger partial charge on any atom is -0.507 e. The lowest BCUT2D eigenvalue weighted by Gasteiger charge is -2.26. The third-order valence-electron chi connectivity index (χ3n) is 7.14. The number of methoxy groups -OCH3 is 3. The molecular weight excluding hydrogens is 522 g/mol. The summed E-state index contributed by atoms with van der Waals surface area (Å²) in [7, 11) is 4.63. The van der Waals surface area contributed by atoms with Gasteiger partial charge in [-0.3, -0.25) is 9.59 Å². The normalized spacial score (nSPS) is 16.6. The minimum atomic E-state index is -0.874. The Bertz CT molecular complexity index is 1470. The van der Waals surface area contributed by atoms with Crippen molar-refractivity contribution in [1.29, 1.82) is 0 Å². The second-order valence-electron chi connectivity index (χ2n) is 10.8. The Morgan fingerprint density at radius 1 is 0.854 bits per heavy atom. The van der Waals surface area contributed by atoms with E-state index in [9.17, 15) is 14.7 Å². The Morgan fingerprint density at radius 3 is 2.10 bits per heavy atom. The Balaban J connectivity index is 1.90. The molecule has 0 spiro atoms. The smallest absolute Gasteiger partial charge is 0.295 e. The molecule has 0 aromatic heterocycles. The third kappa shape index (κ3) is 5.87. The molecule has 1 saturated heterocycles. The lowest BCUT2D eigenvalue weighted by molar-refractivity contribution is -0.140. The van der Waals surface area contributed by atoms with Crippen molar-refractivity contribution in [2.45, 2.75) is 45.7 Å². The first-order valence-corrected chi connectivity index (χ1v) is 13.4. The van der Waals surface area contributed by atoms with E-state index in [2.05, 4.69) is 0 Å². The van der Waals surface area contributed by atoms with Gasteiger partial charge in [-0.05, 0) is 65.9 Å². The van der Waals surface area contributed by atoms with Crippen LogP contribution in [0.2, 0.25) is 0 Å². The fourth-order valence-corrected chi connectivity index (χ4v) is 5.04. The number of benzene rings is 3. The summed E-state index contributed by atoms with van der Waals surface area (Å²) in [4.78, 5) is 28.6. The number of likely N-dealkylation sites (tertiary alicyclic amines) is 1. The summed E-state index contributed by atoms with van der Waals surface area (Å²) in [5.41, 5.74) is 2.39. The Labute approximate surface area is 241 Å². The summed E-state index contributed by atoms with van der Waals surface area (Å²) >= 11 is 0. The molecule has 1 aliphatic rings. The largest absolute Gasteiger partial charge is 0.507 e. The predicted octanol–water partition coefficient (Wildman–Crippen LogP) is 6.03. The molecule has 216 valence electrons. The number of aliphatic hydroxyl groups is 1. The maximum Gasteiger partial charge on any atom is 0.295 e. The van der Waals surface area contributed by atoms with Crippen molar-refractivity contribution in [3.05, 3.63) is 88.5 Å².